The SMILES string of the molecule is COc1ccc(OCCNc2ccnc(N3CCC(C)CC3)n2)cc1. The van der Waals surface area contributed by atoms with Crippen LogP contribution in [-0.2, 0) is 0 Å². The first kappa shape index (κ1) is 17.3. The quantitative estimate of drug-likeness (QED) is 0.780. The largest absolute Gasteiger partial charge is 0.497 e. The number of nitrogens with one attached hydrogen (secondary N) is 1. The average Bonchev–Trinajstić information content (AvgIpc) is 2.66. The molecule has 0 radical (unpaired) electrons. The monoisotopic (exact) mass is 342 g/mol. The van der Waals surface area contributed by atoms with Gasteiger partial charge in [-0.25, -0.2) is 4.98 Å². The highest BCUT2D eigenvalue weighted by Crippen LogP contribution is 2.20. The second-order valence-electron chi connectivity index (χ2n) is 6.36. The van der Waals surface area contributed by atoms with E-state index in [1.807, 2.05) is 36.5 Å². The summed E-state index contributed by atoms with van der Waals surface area (Å²) in [6.07, 6.45) is 4.22. The van der Waals surface area contributed by atoms with E-state index in [1.54, 1.807) is 7.11 Å². The van der Waals surface area contributed by atoms with Gasteiger partial charge in [-0.3, -0.25) is 0 Å². The molecule has 1 aromatic carbocycles. The van der Waals surface area contributed by atoms with Crippen LogP contribution in [0.5, 0.6) is 11.5 Å². The fourth-order valence-electron chi connectivity index (χ4n) is 2.83. The average molecular weight is 342 g/mol. The molecule has 0 bridgehead atoms. The summed E-state index contributed by atoms with van der Waals surface area (Å²) in [6, 6.07) is 9.47. The third-order valence-corrected chi connectivity index (χ3v) is 4.45. The lowest BCUT2D eigenvalue weighted by molar-refractivity contribution is 0.331. The van der Waals surface area contributed by atoms with Crippen LogP contribution < -0.4 is 19.7 Å². The smallest absolute Gasteiger partial charge is 0.227 e. The number of benzene rings is 1. The van der Waals surface area contributed by atoms with E-state index in [-0.39, 0.29) is 0 Å². The van der Waals surface area contributed by atoms with E-state index in [2.05, 4.69) is 27.1 Å². The Bertz CT molecular complexity index is 655. The number of ether oxygens (including phenoxy) is 2. The van der Waals surface area contributed by atoms with Crippen LogP contribution in [0.4, 0.5) is 11.8 Å². The molecule has 3 rings (SSSR count). The van der Waals surface area contributed by atoms with E-state index in [0.29, 0.717) is 13.2 Å². The van der Waals surface area contributed by atoms with Crippen molar-refractivity contribution in [3.63, 3.8) is 0 Å². The Morgan fingerprint density at radius 1 is 1.12 bits per heavy atom. The molecular weight excluding hydrogens is 316 g/mol. The van der Waals surface area contributed by atoms with E-state index >= 15 is 0 Å². The zero-order valence-corrected chi connectivity index (χ0v) is 14.9. The maximum absolute atomic E-state index is 5.71. The maximum atomic E-state index is 5.71. The van der Waals surface area contributed by atoms with Crippen molar-refractivity contribution in [2.24, 2.45) is 5.92 Å². The van der Waals surface area contributed by atoms with Crippen LogP contribution in [0.3, 0.4) is 0 Å². The Labute approximate surface area is 149 Å². The molecule has 6 heteroatoms. The summed E-state index contributed by atoms with van der Waals surface area (Å²) < 4.78 is 10.8. The number of aromatic nitrogens is 2. The Morgan fingerprint density at radius 2 is 1.84 bits per heavy atom. The highest BCUT2D eigenvalue weighted by molar-refractivity contribution is 5.41. The van der Waals surface area contributed by atoms with Crippen molar-refractivity contribution in [2.75, 3.05) is 43.6 Å². The fourth-order valence-corrected chi connectivity index (χ4v) is 2.83. The summed E-state index contributed by atoms with van der Waals surface area (Å²) in [6.45, 7) is 5.61. The number of rotatable bonds is 7. The molecule has 2 heterocycles. The molecule has 2 aromatic rings. The van der Waals surface area contributed by atoms with Gasteiger partial charge >= 0.3 is 0 Å². The lowest BCUT2D eigenvalue weighted by atomic mass is 10.00. The standard InChI is InChI=1S/C19H26N4O2/c1-15-8-12-23(13-9-15)19-21-10-7-18(22-19)20-11-14-25-17-5-3-16(24-2)4-6-17/h3-7,10,15H,8-9,11-14H2,1-2H3,(H,20,21,22). The van der Waals surface area contributed by atoms with Gasteiger partial charge in [0, 0.05) is 19.3 Å². The van der Waals surface area contributed by atoms with Gasteiger partial charge in [-0.1, -0.05) is 6.92 Å². The molecule has 0 aliphatic carbocycles. The third kappa shape index (κ3) is 4.98. The summed E-state index contributed by atoms with van der Waals surface area (Å²) >= 11 is 0. The maximum Gasteiger partial charge on any atom is 0.227 e. The van der Waals surface area contributed by atoms with Gasteiger partial charge in [-0.2, -0.15) is 4.98 Å². The lowest BCUT2D eigenvalue weighted by Gasteiger charge is -2.30. The van der Waals surface area contributed by atoms with Gasteiger partial charge in [-0.05, 0) is 49.1 Å². The highest BCUT2D eigenvalue weighted by atomic mass is 16.5. The van der Waals surface area contributed by atoms with Crippen LogP contribution in [0.15, 0.2) is 36.5 Å². The first-order valence-electron chi connectivity index (χ1n) is 8.83. The number of methoxy groups -OCH3 is 1. The number of hydrogen-bond acceptors (Lipinski definition) is 6. The minimum absolute atomic E-state index is 0.562. The van der Waals surface area contributed by atoms with Gasteiger partial charge in [0.25, 0.3) is 0 Å². The Morgan fingerprint density at radius 3 is 2.56 bits per heavy atom. The van der Waals surface area contributed by atoms with Crippen LogP contribution in [-0.4, -0.2) is 43.3 Å². The van der Waals surface area contributed by atoms with Gasteiger partial charge in [0.2, 0.25) is 5.95 Å². The number of nitrogens with zero attached hydrogens (tertiary/aromatic N) is 3. The van der Waals surface area contributed by atoms with Crippen LogP contribution in [0.1, 0.15) is 19.8 Å². The van der Waals surface area contributed by atoms with Crippen molar-refractivity contribution in [3.8, 4) is 11.5 Å². The molecule has 6 nitrogen and oxygen atoms in total. The molecule has 1 fully saturated rings. The van der Waals surface area contributed by atoms with Crippen molar-refractivity contribution in [1.29, 1.82) is 0 Å². The molecule has 0 spiro atoms. The van der Waals surface area contributed by atoms with Crippen molar-refractivity contribution >= 4 is 11.8 Å². The molecule has 1 saturated heterocycles. The summed E-state index contributed by atoms with van der Waals surface area (Å²) in [5, 5.41) is 3.30. The van der Waals surface area contributed by atoms with E-state index in [9.17, 15) is 0 Å². The molecule has 1 aliphatic heterocycles. The van der Waals surface area contributed by atoms with Gasteiger partial charge < -0.3 is 19.7 Å². The van der Waals surface area contributed by atoms with Crippen LogP contribution >= 0.6 is 0 Å². The van der Waals surface area contributed by atoms with E-state index in [4.69, 9.17) is 9.47 Å². The topological polar surface area (TPSA) is 59.5 Å². The van der Waals surface area contributed by atoms with Crippen LogP contribution in [0, 0.1) is 5.92 Å². The number of anilines is 2. The minimum atomic E-state index is 0.562. The first-order chi connectivity index (χ1) is 12.2. The molecular formula is C19H26N4O2. The molecule has 25 heavy (non-hydrogen) atoms. The molecule has 1 N–H and O–H groups in total. The normalized spacial score (nSPS) is 15.0. The summed E-state index contributed by atoms with van der Waals surface area (Å²) in [5.41, 5.74) is 0. The van der Waals surface area contributed by atoms with Crippen molar-refractivity contribution in [1.82, 2.24) is 9.97 Å². The van der Waals surface area contributed by atoms with E-state index in [1.165, 1.54) is 12.8 Å². The molecule has 0 amide bonds. The van der Waals surface area contributed by atoms with Crippen molar-refractivity contribution in [2.45, 2.75) is 19.8 Å². The highest BCUT2D eigenvalue weighted by Gasteiger charge is 2.17. The Kier molecular flexibility index (Phi) is 5.93. The lowest BCUT2D eigenvalue weighted by Crippen LogP contribution is -2.34. The molecule has 0 atom stereocenters. The fraction of sp³-hybridized carbons (Fsp3) is 0.474. The summed E-state index contributed by atoms with van der Waals surface area (Å²) in [5.74, 6) is 4.10. The number of piperidine rings is 1. The molecule has 0 unspecified atom stereocenters. The summed E-state index contributed by atoms with van der Waals surface area (Å²) in [7, 11) is 1.65. The predicted octanol–water partition coefficient (Wildman–Crippen LogP) is 3.21. The molecule has 0 saturated carbocycles. The van der Waals surface area contributed by atoms with Crippen LogP contribution in [0.25, 0.3) is 0 Å². The number of hydrogen-bond donors (Lipinski definition) is 1. The Hall–Kier alpha value is -2.50. The summed E-state index contributed by atoms with van der Waals surface area (Å²) in [4.78, 5) is 11.3. The van der Waals surface area contributed by atoms with Gasteiger partial charge in [-0.15, -0.1) is 0 Å². The van der Waals surface area contributed by atoms with Crippen molar-refractivity contribution < 1.29 is 9.47 Å². The first-order valence-corrected chi connectivity index (χ1v) is 8.83. The molecule has 1 aromatic heterocycles. The van der Waals surface area contributed by atoms with Crippen LogP contribution in [0.2, 0.25) is 0 Å². The zero-order chi connectivity index (χ0) is 17.5. The Balaban J connectivity index is 1.45. The molecule has 134 valence electrons. The molecule has 1 aliphatic rings. The third-order valence-electron chi connectivity index (χ3n) is 4.45. The van der Waals surface area contributed by atoms with Crippen molar-refractivity contribution in [3.05, 3.63) is 36.5 Å². The second kappa shape index (κ2) is 8.55. The van der Waals surface area contributed by atoms with E-state index < -0.39 is 0 Å². The van der Waals surface area contributed by atoms with Gasteiger partial charge in [0.05, 0.1) is 13.7 Å². The zero-order valence-electron chi connectivity index (χ0n) is 14.9. The predicted molar refractivity (Wildman–Crippen MR) is 99.6 cm³/mol. The minimum Gasteiger partial charge on any atom is -0.497 e. The second-order valence-corrected chi connectivity index (χ2v) is 6.36. The van der Waals surface area contributed by atoms with Gasteiger partial charge in [0.15, 0.2) is 0 Å². The van der Waals surface area contributed by atoms with E-state index in [0.717, 1.165) is 42.3 Å². The van der Waals surface area contributed by atoms with Gasteiger partial charge in [0.1, 0.15) is 23.9 Å².